The number of hydrogen-bond donors (Lipinski definition) is 2. The second-order valence-electron chi connectivity index (χ2n) is 8.73. The fourth-order valence-electron chi connectivity index (χ4n) is 4.08. The fraction of sp³-hybridized carbons (Fsp3) is 0.950. The normalized spacial score (nSPS) is 29.5. The van der Waals surface area contributed by atoms with Gasteiger partial charge in [0, 0.05) is 18.1 Å². The molecule has 5 heteroatoms. The minimum Gasteiger partial charge on any atom is -0.444 e. The Balaban J connectivity index is 1.91. The van der Waals surface area contributed by atoms with Crippen LogP contribution in [0.15, 0.2) is 0 Å². The first-order valence-electron chi connectivity index (χ1n) is 10.4. The highest BCUT2D eigenvalue weighted by Crippen LogP contribution is 2.21. The van der Waals surface area contributed by atoms with Crippen LogP contribution in [0.25, 0.3) is 0 Å². The standard InChI is InChI=1S/C20H39N3O2/c1-5-23-14-9-10-16(13-15-23)21-17-11-7-6-8-12-18(17)22-19(24)25-20(2,3)4/h16-18,21H,5-15H2,1-4H3,(H,22,24). The van der Waals surface area contributed by atoms with E-state index in [0.717, 1.165) is 19.4 Å². The molecule has 2 fully saturated rings. The van der Waals surface area contributed by atoms with Crippen molar-refractivity contribution in [3.63, 3.8) is 0 Å². The van der Waals surface area contributed by atoms with Gasteiger partial charge >= 0.3 is 6.09 Å². The highest BCUT2D eigenvalue weighted by Gasteiger charge is 2.29. The number of carbonyl (C=O) groups is 1. The Hall–Kier alpha value is -0.810. The minimum atomic E-state index is -0.442. The fourth-order valence-corrected chi connectivity index (χ4v) is 4.08. The molecule has 3 atom stereocenters. The molecule has 2 N–H and O–H groups in total. The van der Waals surface area contributed by atoms with Gasteiger partial charge in [0.25, 0.3) is 0 Å². The van der Waals surface area contributed by atoms with Gasteiger partial charge in [-0.15, -0.1) is 0 Å². The molecule has 1 aliphatic heterocycles. The monoisotopic (exact) mass is 353 g/mol. The Bertz CT molecular complexity index is 408. The summed E-state index contributed by atoms with van der Waals surface area (Å²) in [6.07, 6.45) is 9.34. The third-order valence-corrected chi connectivity index (χ3v) is 5.44. The number of carbonyl (C=O) groups excluding carboxylic acids is 1. The van der Waals surface area contributed by atoms with Gasteiger partial charge in [0.05, 0.1) is 0 Å². The highest BCUT2D eigenvalue weighted by atomic mass is 16.6. The SMILES string of the molecule is CCN1CCCC(NC2CCCCCC2NC(=O)OC(C)(C)C)CC1. The van der Waals surface area contributed by atoms with E-state index in [2.05, 4.69) is 22.5 Å². The zero-order chi connectivity index (χ0) is 18.3. The van der Waals surface area contributed by atoms with Crippen LogP contribution >= 0.6 is 0 Å². The van der Waals surface area contributed by atoms with E-state index < -0.39 is 5.60 Å². The first kappa shape index (κ1) is 20.5. The lowest BCUT2D eigenvalue weighted by atomic mass is 10.00. The van der Waals surface area contributed by atoms with Crippen LogP contribution in [0.3, 0.4) is 0 Å². The number of alkyl carbamates (subject to hydrolysis) is 1. The molecule has 2 aliphatic rings. The lowest BCUT2D eigenvalue weighted by molar-refractivity contribution is 0.0487. The van der Waals surface area contributed by atoms with Crippen LogP contribution in [0.4, 0.5) is 4.79 Å². The summed E-state index contributed by atoms with van der Waals surface area (Å²) >= 11 is 0. The highest BCUT2D eigenvalue weighted by molar-refractivity contribution is 5.68. The number of nitrogens with one attached hydrogen (secondary N) is 2. The molecule has 1 saturated heterocycles. The molecule has 0 bridgehead atoms. The Labute approximate surface area is 154 Å². The van der Waals surface area contributed by atoms with Crippen LogP contribution in [0.2, 0.25) is 0 Å². The topological polar surface area (TPSA) is 53.6 Å². The molecule has 0 spiro atoms. The van der Waals surface area contributed by atoms with Crippen LogP contribution in [0.5, 0.6) is 0 Å². The Morgan fingerprint density at radius 1 is 1.00 bits per heavy atom. The van der Waals surface area contributed by atoms with Crippen molar-refractivity contribution >= 4 is 6.09 Å². The van der Waals surface area contributed by atoms with E-state index >= 15 is 0 Å². The summed E-state index contributed by atoms with van der Waals surface area (Å²) < 4.78 is 5.48. The van der Waals surface area contributed by atoms with Gasteiger partial charge in [0.2, 0.25) is 0 Å². The maximum Gasteiger partial charge on any atom is 0.407 e. The molecule has 25 heavy (non-hydrogen) atoms. The summed E-state index contributed by atoms with van der Waals surface area (Å²) in [6.45, 7) is 11.6. The quantitative estimate of drug-likeness (QED) is 0.757. The molecule has 0 aromatic rings. The molecule has 5 nitrogen and oxygen atoms in total. The van der Waals surface area contributed by atoms with Gasteiger partial charge in [-0.1, -0.05) is 26.2 Å². The maximum atomic E-state index is 12.2. The van der Waals surface area contributed by atoms with E-state index in [1.165, 1.54) is 51.6 Å². The van der Waals surface area contributed by atoms with Gasteiger partial charge in [-0.05, 0) is 72.5 Å². The van der Waals surface area contributed by atoms with Crippen molar-refractivity contribution in [2.75, 3.05) is 19.6 Å². The van der Waals surface area contributed by atoms with E-state index in [1.807, 2.05) is 20.8 Å². The van der Waals surface area contributed by atoms with Gasteiger partial charge in [-0.25, -0.2) is 4.79 Å². The first-order valence-corrected chi connectivity index (χ1v) is 10.4. The largest absolute Gasteiger partial charge is 0.444 e. The second kappa shape index (κ2) is 9.77. The average Bonchev–Trinajstić information content (AvgIpc) is 2.87. The van der Waals surface area contributed by atoms with Crippen LogP contribution < -0.4 is 10.6 Å². The Morgan fingerprint density at radius 3 is 2.40 bits per heavy atom. The van der Waals surface area contributed by atoms with Crippen LogP contribution in [-0.4, -0.2) is 54.4 Å². The number of ether oxygens (including phenoxy) is 1. The van der Waals surface area contributed by atoms with Crippen molar-refractivity contribution in [2.24, 2.45) is 0 Å². The van der Waals surface area contributed by atoms with Crippen molar-refractivity contribution in [3.8, 4) is 0 Å². The molecule has 146 valence electrons. The predicted octanol–water partition coefficient (Wildman–Crippen LogP) is 3.68. The van der Waals surface area contributed by atoms with Gasteiger partial charge in [0.1, 0.15) is 5.60 Å². The molecule has 1 aliphatic carbocycles. The number of hydrogen-bond acceptors (Lipinski definition) is 4. The van der Waals surface area contributed by atoms with Gasteiger partial charge in [-0.2, -0.15) is 0 Å². The molecule has 0 aromatic heterocycles. The van der Waals surface area contributed by atoms with Crippen molar-refractivity contribution in [1.29, 1.82) is 0 Å². The van der Waals surface area contributed by atoms with Crippen molar-refractivity contribution < 1.29 is 9.53 Å². The van der Waals surface area contributed by atoms with Gasteiger partial charge in [0.15, 0.2) is 0 Å². The minimum absolute atomic E-state index is 0.183. The Kier molecular flexibility index (Phi) is 8.01. The summed E-state index contributed by atoms with van der Waals surface area (Å²) in [6, 6.07) is 1.12. The van der Waals surface area contributed by atoms with Crippen LogP contribution in [0, 0.1) is 0 Å². The number of likely N-dealkylation sites (tertiary alicyclic amines) is 1. The Morgan fingerprint density at radius 2 is 1.72 bits per heavy atom. The van der Waals surface area contributed by atoms with Crippen molar-refractivity contribution in [2.45, 2.75) is 103 Å². The van der Waals surface area contributed by atoms with Gasteiger partial charge < -0.3 is 20.3 Å². The summed E-state index contributed by atoms with van der Waals surface area (Å²) in [5, 5.41) is 7.06. The van der Waals surface area contributed by atoms with E-state index in [9.17, 15) is 4.79 Å². The van der Waals surface area contributed by atoms with E-state index in [0.29, 0.717) is 12.1 Å². The summed E-state index contributed by atoms with van der Waals surface area (Å²) in [7, 11) is 0. The second-order valence-corrected chi connectivity index (χ2v) is 8.73. The maximum absolute atomic E-state index is 12.2. The summed E-state index contributed by atoms with van der Waals surface area (Å²) in [5.41, 5.74) is -0.442. The molecule has 1 saturated carbocycles. The van der Waals surface area contributed by atoms with Crippen molar-refractivity contribution in [1.82, 2.24) is 15.5 Å². The molecule has 1 heterocycles. The van der Waals surface area contributed by atoms with Crippen LogP contribution in [-0.2, 0) is 4.74 Å². The molecule has 0 radical (unpaired) electrons. The molecular weight excluding hydrogens is 314 g/mol. The van der Waals surface area contributed by atoms with Gasteiger partial charge in [-0.3, -0.25) is 0 Å². The first-order chi connectivity index (χ1) is 11.9. The molecule has 2 rings (SSSR count). The van der Waals surface area contributed by atoms with E-state index in [4.69, 9.17) is 4.74 Å². The lowest BCUT2D eigenvalue weighted by Crippen LogP contribution is -2.53. The van der Waals surface area contributed by atoms with Crippen LogP contribution in [0.1, 0.15) is 79.1 Å². The predicted molar refractivity (Wildman–Crippen MR) is 103 cm³/mol. The third kappa shape index (κ3) is 7.53. The lowest BCUT2D eigenvalue weighted by Gasteiger charge is -2.32. The average molecular weight is 354 g/mol. The summed E-state index contributed by atoms with van der Waals surface area (Å²) in [4.78, 5) is 14.8. The number of amides is 1. The van der Waals surface area contributed by atoms with E-state index in [1.54, 1.807) is 0 Å². The third-order valence-electron chi connectivity index (χ3n) is 5.44. The van der Waals surface area contributed by atoms with E-state index in [-0.39, 0.29) is 12.1 Å². The zero-order valence-corrected chi connectivity index (χ0v) is 16.8. The number of nitrogens with zero attached hydrogens (tertiary/aromatic N) is 1. The molecule has 1 amide bonds. The molecule has 3 unspecified atom stereocenters. The molecular formula is C20H39N3O2. The molecule has 0 aromatic carbocycles. The summed E-state index contributed by atoms with van der Waals surface area (Å²) in [5.74, 6) is 0. The zero-order valence-electron chi connectivity index (χ0n) is 16.8. The van der Waals surface area contributed by atoms with Crippen molar-refractivity contribution in [3.05, 3.63) is 0 Å². The number of rotatable bonds is 4. The smallest absolute Gasteiger partial charge is 0.407 e.